The van der Waals surface area contributed by atoms with Crippen LogP contribution in [0.25, 0.3) is 0 Å². The molecular formula is C32H34N2O5S. The molecule has 8 heteroatoms. The van der Waals surface area contributed by atoms with E-state index in [1.165, 1.54) is 11.1 Å². The van der Waals surface area contributed by atoms with Crippen LogP contribution >= 0.6 is 0 Å². The van der Waals surface area contributed by atoms with E-state index in [9.17, 15) is 19.6 Å². The maximum atomic E-state index is 12.4. The Morgan fingerprint density at radius 1 is 1.10 bits per heavy atom. The average molecular weight is 559 g/mol. The van der Waals surface area contributed by atoms with Crippen molar-refractivity contribution in [2.45, 2.75) is 41.8 Å². The second kappa shape index (κ2) is 10.6. The topological polar surface area (TPSA) is 119 Å². The monoisotopic (exact) mass is 558 g/mol. The van der Waals surface area contributed by atoms with Crippen molar-refractivity contribution >= 4 is 17.1 Å². The van der Waals surface area contributed by atoms with Gasteiger partial charge in [-0.2, -0.15) is 0 Å². The summed E-state index contributed by atoms with van der Waals surface area (Å²) in [5.74, 6) is 0.513. The van der Waals surface area contributed by atoms with Gasteiger partial charge in [0, 0.05) is 34.1 Å². The molecule has 208 valence electrons. The third-order valence-corrected chi connectivity index (χ3v) is 10.5. The van der Waals surface area contributed by atoms with E-state index in [1.807, 2.05) is 72.8 Å². The number of likely N-dealkylation sites (tertiary alicyclic amines) is 1. The maximum Gasteiger partial charge on any atom is 0.267 e. The molecule has 2 aliphatic carbocycles. The summed E-state index contributed by atoms with van der Waals surface area (Å²) in [6, 6.07) is 23.3. The number of primary amides is 1. The van der Waals surface area contributed by atoms with Crippen molar-refractivity contribution in [3.05, 3.63) is 107 Å². The zero-order chi connectivity index (χ0) is 28.0. The molecule has 7 rings (SSSR count). The van der Waals surface area contributed by atoms with Crippen molar-refractivity contribution in [1.82, 2.24) is 4.90 Å². The third-order valence-electron chi connectivity index (χ3n) is 8.90. The number of amides is 1. The molecule has 1 unspecified atom stereocenters. The predicted octanol–water partition coefficient (Wildman–Crippen LogP) is 3.21. The van der Waals surface area contributed by atoms with E-state index in [0.717, 1.165) is 30.5 Å². The van der Waals surface area contributed by atoms with Crippen molar-refractivity contribution in [1.29, 1.82) is 0 Å². The lowest BCUT2D eigenvalue weighted by molar-refractivity contribution is -0.115. The van der Waals surface area contributed by atoms with Crippen molar-refractivity contribution in [2.75, 3.05) is 19.3 Å². The van der Waals surface area contributed by atoms with Gasteiger partial charge < -0.3 is 30.1 Å². The number of nitrogens with two attached hydrogens (primary N) is 1. The summed E-state index contributed by atoms with van der Waals surface area (Å²) in [5.41, 5.74) is 9.29. The number of benzene rings is 3. The highest BCUT2D eigenvalue weighted by Gasteiger charge is 2.64. The molecular weight excluding hydrogens is 524 g/mol. The van der Waals surface area contributed by atoms with Crippen LogP contribution in [-0.2, 0) is 27.8 Å². The van der Waals surface area contributed by atoms with Crippen molar-refractivity contribution in [3.63, 3.8) is 0 Å². The zero-order valence-corrected chi connectivity index (χ0v) is 23.2. The van der Waals surface area contributed by atoms with Gasteiger partial charge in [0.2, 0.25) is 0 Å². The van der Waals surface area contributed by atoms with Gasteiger partial charge in [0.25, 0.3) is 5.91 Å². The molecule has 2 heterocycles. The molecule has 40 heavy (non-hydrogen) atoms. The molecule has 2 aliphatic heterocycles. The number of ether oxygens (including phenoxy) is 1. The van der Waals surface area contributed by atoms with Gasteiger partial charge in [0.05, 0.1) is 0 Å². The third kappa shape index (κ3) is 4.39. The molecule has 0 radical (unpaired) electrons. The van der Waals surface area contributed by atoms with E-state index in [2.05, 4.69) is 18.0 Å². The number of rotatable bonds is 5. The van der Waals surface area contributed by atoms with Gasteiger partial charge in [0.1, 0.15) is 12.2 Å². The minimum atomic E-state index is -1.36. The Bertz CT molecular complexity index is 1380. The second-order valence-corrected chi connectivity index (χ2v) is 12.6. The van der Waals surface area contributed by atoms with Gasteiger partial charge in [0.15, 0.2) is 22.5 Å². The summed E-state index contributed by atoms with van der Waals surface area (Å²) in [7, 11) is 2.19. The van der Waals surface area contributed by atoms with Gasteiger partial charge in [-0.05, 0) is 49.2 Å². The lowest BCUT2D eigenvalue weighted by Crippen LogP contribution is -2.64. The lowest BCUT2D eigenvalue weighted by atomic mass is 9.53. The summed E-state index contributed by atoms with van der Waals surface area (Å²) in [4.78, 5) is 13.4. The molecule has 7 nitrogen and oxygen atoms in total. The van der Waals surface area contributed by atoms with E-state index in [0.29, 0.717) is 17.7 Å². The maximum absolute atomic E-state index is 12.4. The highest BCUT2D eigenvalue weighted by Crippen LogP contribution is 2.62. The Kier molecular flexibility index (Phi) is 7.12. The van der Waals surface area contributed by atoms with Crippen LogP contribution in [0.3, 0.4) is 0 Å². The van der Waals surface area contributed by atoms with E-state index in [4.69, 9.17) is 10.5 Å². The van der Waals surface area contributed by atoms with Crippen LogP contribution in [0.4, 0.5) is 0 Å². The minimum Gasteiger partial charge on any atom is -0.615 e. The number of hydrogen-bond acceptors (Lipinski definition) is 6. The van der Waals surface area contributed by atoms with E-state index in [-0.39, 0.29) is 28.3 Å². The van der Waals surface area contributed by atoms with Gasteiger partial charge in [-0.15, -0.1) is 0 Å². The van der Waals surface area contributed by atoms with Crippen molar-refractivity contribution in [3.8, 4) is 11.5 Å². The van der Waals surface area contributed by atoms with E-state index < -0.39 is 23.2 Å². The van der Waals surface area contributed by atoms with Crippen LogP contribution < -0.4 is 10.5 Å². The lowest BCUT2D eigenvalue weighted by Gasteiger charge is -2.56. The first kappa shape index (κ1) is 26.9. The van der Waals surface area contributed by atoms with Crippen LogP contribution in [0, 0.1) is 5.92 Å². The number of piperidine rings is 1. The standard InChI is InChI=1S/C17H19NO3.C15H15NO2S/c1-18-7-6-17-10-3-5-13(20)16(17)21-15-12(19)4-2-9(14(15)17)8-11(10)18;16-14(17)11-19(18)15(12-7-3-1-4-8-12)13-9-5-2-6-10-13/h2-5,10-11,13,16,19-20H,6-8H2,1H3;1-10,15H,11H2,(H2,16,17)/t10-,11+,13-,16-,17-;/m0./s1. The van der Waals surface area contributed by atoms with Crippen LogP contribution in [0.15, 0.2) is 84.9 Å². The fraction of sp³-hybridized carbons (Fsp3) is 0.344. The summed E-state index contributed by atoms with van der Waals surface area (Å²) >= 11 is -1.36. The first-order chi connectivity index (χ1) is 19.3. The van der Waals surface area contributed by atoms with Crippen LogP contribution in [0.5, 0.6) is 11.5 Å². The Morgan fingerprint density at radius 2 is 1.75 bits per heavy atom. The smallest absolute Gasteiger partial charge is 0.267 e. The van der Waals surface area contributed by atoms with Gasteiger partial charge in [-0.1, -0.05) is 78.9 Å². The summed E-state index contributed by atoms with van der Waals surface area (Å²) in [6.07, 6.45) is 5.18. The largest absolute Gasteiger partial charge is 0.615 e. The molecule has 4 N–H and O–H groups in total. The number of phenols is 1. The quantitative estimate of drug-likeness (QED) is 0.327. The van der Waals surface area contributed by atoms with Crippen LogP contribution in [-0.4, -0.2) is 63.2 Å². The molecule has 3 aromatic rings. The van der Waals surface area contributed by atoms with E-state index in [1.54, 1.807) is 6.07 Å². The van der Waals surface area contributed by atoms with Crippen molar-refractivity contribution in [2.24, 2.45) is 11.7 Å². The number of nitrogens with zero attached hydrogens (tertiary/aromatic N) is 1. The highest BCUT2D eigenvalue weighted by atomic mass is 32.2. The van der Waals surface area contributed by atoms with Crippen molar-refractivity contribution < 1.29 is 24.3 Å². The number of hydrogen-bond donors (Lipinski definition) is 3. The van der Waals surface area contributed by atoms with Crippen LogP contribution in [0.1, 0.15) is 33.9 Å². The Hall–Kier alpha value is -3.30. The molecule has 1 fully saturated rings. The molecule has 4 aliphatic rings. The summed E-state index contributed by atoms with van der Waals surface area (Å²) in [5, 5.41) is 20.3. The molecule has 0 saturated carbocycles. The summed E-state index contributed by atoms with van der Waals surface area (Å²) in [6.45, 7) is 1.01. The molecule has 1 amide bonds. The first-order valence-corrected chi connectivity index (χ1v) is 15.0. The number of aliphatic hydroxyl groups is 1. The fourth-order valence-electron chi connectivity index (χ4n) is 7.21. The number of carbonyl (C=O) groups excluding carboxylic acids is 1. The molecule has 1 saturated heterocycles. The number of aromatic hydroxyl groups is 1. The molecule has 1 spiro atoms. The molecule has 6 atom stereocenters. The number of carbonyl (C=O) groups is 1. The first-order valence-electron chi connectivity index (χ1n) is 13.6. The van der Waals surface area contributed by atoms with Gasteiger partial charge >= 0.3 is 0 Å². The average Bonchev–Trinajstić information content (AvgIpc) is 3.31. The molecule has 3 aromatic carbocycles. The second-order valence-electron chi connectivity index (χ2n) is 11.1. The van der Waals surface area contributed by atoms with Gasteiger partial charge in [-0.25, -0.2) is 0 Å². The highest BCUT2D eigenvalue weighted by molar-refractivity contribution is 7.92. The Morgan fingerprint density at radius 3 is 2.38 bits per heavy atom. The number of likely N-dealkylation sites (N-methyl/N-ethyl adjacent to an activating group) is 1. The zero-order valence-electron chi connectivity index (χ0n) is 22.4. The predicted molar refractivity (Wildman–Crippen MR) is 155 cm³/mol. The minimum absolute atomic E-state index is 0.131. The SMILES string of the molecule is CN1CC[C@]23c4c5ccc(O)c4O[C@H]2[C@@H](O)C=C[C@H]3[C@H]1C5.NC(=O)C[S+]([O-])C(c1ccccc1)c1ccccc1. The Labute approximate surface area is 237 Å². The molecule has 0 aromatic heterocycles. The number of aliphatic hydroxyl groups excluding tert-OH is 1. The normalized spacial score (nSPS) is 28.2. The van der Waals surface area contributed by atoms with Crippen LogP contribution in [0.2, 0.25) is 0 Å². The Balaban J connectivity index is 0.000000146. The van der Waals surface area contributed by atoms with Gasteiger partial charge in [-0.3, -0.25) is 4.79 Å². The fourth-order valence-corrected chi connectivity index (χ4v) is 8.58. The molecule has 2 bridgehead atoms. The number of phenolic OH excluding ortho intramolecular Hbond substituents is 1. The summed E-state index contributed by atoms with van der Waals surface area (Å²) < 4.78 is 18.5. The van der Waals surface area contributed by atoms with E-state index >= 15 is 0 Å².